The molecule has 0 aromatic carbocycles. The van der Waals surface area contributed by atoms with Gasteiger partial charge in [-0.25, -0.2) is 4.68 Å². The van der Waals surface area contributed by atoms with Crippen LogP contribution in [0.4, 0.5) is 0 Å². The molecule has 4 rings (SSSR count). The fraction of sp³-hybridized carbons (Fsp3) is 0.389. The van der Waals surface area contributed by atoms with E-state index in [1.54, 1.807) is 12.4 Å². The highest BCUT2D eigenvalue weighted by Crippen LogP contribution is 2.34. The minimum atomic E-state index is 0.484. The van der Waals surface area contributed by atoms with E-state index in [9.17, 15) is 0 Å². The topological polar surface area (TPSA) is 38.9 Å². The van der Waals surface area contributed by atoms with Crippen LogP contribution in [0.5, 0.6) is 0 Å². The summed E-state index contributed by atoms with van der Waals surface area (Å²) in [5.41, 5.74) is 1.05. The largest absolute Gasteiger partial charge is 0.300 e. The number of hydrogen-bond donors (Lipinski definition) is 0. The predicted molar refractivity (Wildman–Crippen MR) is 103 cm³/mol. The summed E-state index contributed by atoms with van der Waals surface area (Å²) < 4.78 is 4.85. The smallest absolute Gasteiger partial charge is 0.199 e. The number of likely N-dealkylation sites (tertiary alicyclic amines) is 1. The van der Waals surface area contributed by atoms with Crippen molar-refractivity contribution in [2.45, 2.75) is 39.0 Å². The van der Waals surface area contributed by atoms with Crippen LogP contribution >= 0.6 is 23.6 Å². The molecule has 130 valence electrons. The van der Waals surface area contributed by atoms with Crippen molar-refractivity contribution in [3.05, 3.63) is 51.7 Å². The quantitative estimate of drug-likeness (QED) is 0.625. The van der Waals surface area contributed by atoms with E-state index in [0.29, 0.717) is 6.04 Å². The Morgan fingerprint density at radius 1 is 1.28 bits per heavy atom. The Bertz CT molecular complexity index is 882. The predicted octanol–water partition coefficient (Wildman–Crippen LogP) is 4.35. The van der Waals surface area contributed by atoms with Gasteiger partial charge in [-0.05, 0) is 55.6 Å². The van der Waals surface area contributed by atoms with Gasteiger partial charge >= 0.3 is 0 Å². The summed E-state index contributed by atoms with van der Waals surface area (Å²) in [4.78, 5) is 8.03. The minimum Gasteiger partial charge on any atom is -0.300 e. The highest BCUT2D eigenvalue weighted by atomic mass is 32.1. The molecule has 0 bridgehead atoms. The van der Waals surface area contributed by atoms with Gasteiger partial charge in [-0.3, -0.25) is 9.88 Å². The molecule has 0 spiro atoms. The number of thiophene rings is 1. The highest BCUT2D eigenvalue weighted by Gasteiger charge is 2.27. The van der Waals surface area contributed by atoms with Crippen molar-refractivity contribution in [3.8, 4) is 11.4 Å². The lowest BCUT2D eigenvalue weighted by atomic mass is 10.2. The SMILES string of the molecule is CCn1c(-c2ccncc2)nn(CN2CCCC2c2cccs2)c1=S. The number of aromatic nitrogens is 4. The molecule has 1 aliphatic heterocycles. The molecule has 3 aromatic heterocycles. The molecule has 7 heteroatoms. The molecule has 3 aromatic rings. The van der Waals surface area contributed by atoms with Crippen molar-refractivity contribution in [1.82, 2.24) is 24.2 Å². The average molecular weight is 372 g/mol. The van der Waals surface area contributed by atoms with Crippen LogP contribution in [0.15, 0.2) is 42.0 Å². The Hall–Kier alpha value is -1.83. The molecule has 4 heterocycles. The first-order chi connectivity index (χ1) is 12.3. The maximum Gasteiger partial charge on any atom is 0.199 e. The van der Waals surface area contributed by atoms with Gasteiger partial charge in [-0.2, -0.15) is 5.10 Å². The first-order valence-electron chi connectivity index (χ1n) is 8.63. The monoisotopic (exact) mass is 371 g/mol. The van der Waals surface area contributed by atoms with E-state index in [1.807, 2.05) is 28.2 Å². The summed E-state index contributed by atoms with van der Waals surface area (Å²) in [5, 5.41) is 7.00. The van der Waals surface area contributed by atoms with Crippen LogP contribution in [-0.2, 0) is 13.2 Å². The summed E-state index contributed by atoms with van der Waals surface area (Å²) in [6.07, 6.45) is 6.02. The average Bonchev–Trinajstić information content (AvgIpc) is 3.37. The molecule has 25 heavy (non-hydrogen) atoms. The second-order valence-corrected chi connectivity index (χ2v) is 7.56. The van der Waals surface area contributed by atoms with E-state index in [1.165, 1.54) is 17.7 Å². The van der Waals surface area contributed by atoms with Gasteiger partial charge < -0.3 is 4.57 Å². The minimum absolute atomic E-state index is 0.484. The fourth-order valence-corrected chi connectivity index (χ4v) is 4.71. The number of nitrogens with zero attached hydrogens (tertiary/aromatic N) is 5. The van der Waals surface area contributed by atoms with Crippen LogP contribution in [0.2, 0.25) is 0 Å². The highest BCUT2D eigenvalue weighted by molar-refractivity contribution is 7.71. The van der Waals surface area contributed by atoms with E-state index in [0.717, 1.165) is 35.9 Å². The van der Waals surface area contributed by atoms with Gasteiger partial charge in [0.05, 0.1) is 6.67 Å². The third-order valence-corrected chi connectivity index (χ3v) is 6.13. The maximum atomic E-state index is 5.71. The Morgan fingerprint density at radius 3 is 2.84 bits per heavy atom. The summed E-state index contributed by atoms with van der Waals surface area (Å²) in [6.45, 7) is 4.75. The molecular formula is C18H21N5S2. The second-order valence-electron chi connectivity index (χ2n) is 6.21. The molecule has 0 radical (unpaired) electrons. The number of pyridine rings is 1. The summed E-state index contributed by atoms with van der Waals surface area (Å²) in [6, 6.07) is 8.82. The molecule has 1 unspecified atom stereocenters. The van der Waals surface area contributed by atoms with E-state index in [2.05, 4.69) is 38.9 Å². The zero-order chi connectivity index (χ0) is 17.2. The van der Waals surface area contributed by atoms with Gasteiger partial charge in [0.1, 0.15) is 0 Å². The standard InChI is InChI=1S/C18H21N5S2/c1-2-22-17(14-7-9-19-10-8-14)20-23(18(22)24)13-21-11-3-5-15(21)16-6-4-12-25-16/h4,6-10,12,15H,2-3,5,11,13H2,1H3. The lowest BCUT2D eigenvalue weighted by Crippen LogP contribution is -2.26. The van der Waals surface area contributed by atoms with E-state index >= 15 is 0 Å². The molecular weight excluding hydrogens is 350 g/mol. The van der Waals surface area contributed by atoms with Crippen LogP contribution < -0.4 is 0 Å². The lowest BCUT2D eigenvalue weighted by molar-refractivity contribution is 0.192. The van der Waals surface area contributed by atoms with Crippen molar-refractivity contribution in [1.29, 1.82) is 0 Å². The summed E-state index contributed by atoms with van der Waals surface area (Å²) in [5.74, 6) is 0.918. The molecule has 1 fully saturated rings. The second kappa shape index (κ2) is 7.19. The van der Waals surface area contributed by atoms with Gasteiger partial charge in [0.25, 0.3) is 0 Å². The summed E-state index contributed by atoms with van der Waals surface area (Å²) >= 11 is 7.55. The van der Waals surface area contributed by atoms with Gasteiger partial charge in [-0.15, -0.1) is 11.3 Å². The Morgan fingerprint density at radius 2 is 2.12 bits per heavy atom. The maximum absolute atomic E-state index is 5.71. The van der Waals surface area contributed by atoms with Crippen molar-refractivity contribution >= 4 is 23.6 Å². The molecule has 0 N–H and O–H groups in total. The van der Waals surface area contributed by atoms with Crippen LogP contribution in [0.3, 0.4) is 0 Å². The Balaban J connectivity index is 1.65. The van der Waals surface area contributed by atoms with Gasteiger partial charge in [0, 0.05) is 42.0 Å². The number of hydrogen-bond acceptors (Lipinski definition) is 5. The van der Waals surface area contributed by atoms with E-state index in [4.69, 9.17) is 17.3 Å². The molecule has 0 saturated carbocycles. The van der Waals surface area contributed by atoms with Gasteiger partial charge in [0.2, 0.25) is 0 Å². The normalized spacial score (nSPS) is 18.0. The first kappa shape index (κ1) is 16.6. The number of rotatable bonds is 5. The van der Waals surface area contributed by atoms with Crippen LogP contribution in [0, 0.1) is 4.77 Å². The zero-order valence-electron chi connectivity index (χ0n) is 14.2. The molecule has 5 nitrogen and oxygen atoms in total. The molecule has 1 atom stereocenters. The van der Waals surface area contributed by atoms with E-state index in [-0.39, 0.29) is 0 Å². The van der Waals surface area contributed by atoms with Crippen molar-refractivity contribution in [2.75, 3.05) is 6.54 Å². The molecule has 1 saturated heterocycles. The third-order valence-electron chi connectivity index (χ3n) is 4.73. The first-order valence-corrected chi connectivity index (χ1v) is 9.92. The van der Waals surface area contributed by atoms with E-state index < -0.39 is 0 Å². The zero-order valence-corrected chi connectivity index (χ0v) is 15.8. The van der Waals surface area contributed by atoms with Gasteiger partial charge in [0.15, 0.2) is 10.6 Å². The Labute approximate surface area is 156 Å². The van der Waals surface area contributed by atoms with Crippen LogP contribution in [0.1, 0.15) is 30.7 Å². The summed E-state index contributed by atoms with van der Waals surface area (Å²) in [7, 11) is 0. The molecule has 1 aliphatic rings. The van der Waals surface area contributed by atoms with Crippen molar-refractivity contribution in [2.24, 2.45) is 0 Å². The molecule has 0 aliphatic carbocycles. The van der Waals surface area contributed by atoms with Crippen molar-refractivity contribution in [3.63, 3.8) is 0 Å². The lowest BCUT2D eigenvalue weighted by Gasteiger charge is -2.23. The van der Waals surface area contributed by atoms with Crippen LogP contribution in [-0.4, -0.2) is 30.8 Å². The van der Waals surface area contributed by atoms with Crippen LogP contribution in [0.25, 0.3) is 11.4 Å². The third kappa shape index (κ3) is 3.19. The Kier molecular flexibility index (Phi) is 4.78. The molecule has 0 amide bonds. The van der Waals surface area contributed by atoms with Gasteiger partial charge in [-0.1, -0.05) is 6.07 Å². The van der Waals surface area contributed by atoms with Crippen molar-refractivity contribution < 1.29 is 0 Å². The fourth-order valence-electron chi connectivity index (χ4n) is 3.50.